The Labute approximate surface area is 61.5 Å². The molecule has 0 rings (SSSR count). The van der Waals surface area contributed by atoms with Gasteiger partial charge in [0, 0.05) is 6.61 Å². The first-order chi connectivity index (χ1) is 4.77. The van der Waals surface area contributed by atoms with Crippen molar-refractivity contribution in [1.29, 1.82) is 0 Å². The van der Waals surface area contributed by atoms with Crippen molar-refractivity contribution < 1.29 is 19.4 Å². The first-order valence-electron chi connectivity index (χ1n) is 3.19. The van der Waals surface area contributed by atoms with Crippen molar-refractivity contribution >= 4 is 8.60 Å². The van der Waals surface area contributed by atoms with E-state index in [-0.39, 0.29) is 6.61 Å². The van der Waals surface area contributed by atoms with E-state index >= 15 is 0 Å². The first kappa shape index (κ1) is 10.3. The third-order valence-corrected chi connectivity index (χ3v) is 1.42. The molecule has 0 atom stereocenters. The largest absolute Gasteiger partial charge is 0.396 e. The topological polar surface area (TPSA) is 69.9 Å². The van der Waals surface area contributed by atoms with Gasteiger partial charge in [0.05, 0.1) is 6.61 Å². The lowest BCUT2D eigenvalue weighted by Gasteiger charge is -2.01. The molecule has 0 saturated carbocycles. The molecule has 0 aromatic heterocycles. The second-order valence-electron chi connectivity index (χ2n) is 1.87. The van der Waals surface area contributed by atoms with Gasteiger partial charge in [0.25, 0.3) is 0 Å². The van der Waals surface area contributed by atoms with Crippen LogP contribution >= 0.6 is 8.60 Å². The van der Waals surface area contributed by atoms with Crippen LogP contribution in [0.2, 0.25) is 0 Å². The fourth-order valence-electron chi connectivity index (χ4n) is 0.537. The van der Waals surface area contributed by atoms with Gasteiger partial charge in [-0.25, -0.2) is 0 Å². The average Bonchev–Trinajstić information content (AvgIpc) is 1.87. The molecule has 0 saturated heterocycles. The van der Waals surface area contributed by atoms with Gasteiger partial charge in [-0.15, -0.1) is 0 Å². The van der Waals surface area contributed by atoms with Gasteiger partial charge in [-0.1, -0.05) is 0 Å². The van der Waals surface area contributed by atoms with Crippen LogP contribution < -0.4 is 0 Å². The molecule has 0 unspecified atom stereocenters. The highest BCUT2D eigenvalue weighted by molar-refractivity contribution is 7.39. The molecule has 0 aliphatic rings. The van der Waals surface area contributed by atoms with E-state index < -0.39 is 8.60 Å². The van der Waals surface area contributed by atoms with E-state index in [1.54, 1.807) is 0 Å². The van der Waals surface area contributed by atoms with Crippen LogP contribution in [0.3, 0.4) is 0 Å². The number of rotatable bonds is 6. The molecule has 0 spiro atoms. The van der Waals surface area contributed by atoms with Crippen LogP contribution in [0.5, 0.6) is 0 Å². The van der Waals surface area contributed by atoms with E-state index in [1.165, 1.54) is 0 Å². The summed E-state index contributed by atoms with van der Waals surface area (Å²) in [5, 5.41) is 8.34. The van der Waals surface area contributed by atoms with E-state index in [2.05, 4.69) is 4.52 Å². The normalized spacial score (nSPS) is 10.8. The summed E-state index contributed by atoms with van der Waals surface area (Å²) in [6.45, 7) is 0.547. The zero-order chi connectivity index (χ0) is 7.82. The van der Waals surface area contributed by atoms with Gasteiger partial charge in [0.2, 0.25) is 0 Å². The summed E-state index contributed by atoms with van der Waals surface area (Å²) in [6.07, 6.45) is 2.37. The molecule has 0 aliphatic carbocycles. The Morgan fingerprint density at radius 3 is 2.30 bits per heavy atom. The highest BCUT2D eigenvalue weighted by Crippen LogP contribution is 2.24. The van der Waals surface area contributed by atoms with E-state index in [0.29, 0.717) is 6.61 Å². The smallest absolute Gasteiger partial charge is 0.327 e. The summed E-state index contributed by atoms with van der Waals surface area (Å²) in [6, 6.07) is 0. The Morgan fingerprint density at radius 1 is 1.10 bits per heavy atom. The first-order valence-corrected chi connectivity index (χ1v) is 4.35. The molecule has 0 aliphatic heterocycles. The Balaban J connectivity index is 2.77. The molecule has 10 heavy (non-hydrogen) atoms. The van der Waals surface area contributed by atoms with Crippen LogP contribution in [0.4, 0.5) is 0 Å². The molecule has 0 aromatic rings. The van der Waals surface area contributed by atoms with E-state index in [1.807, 2.05) is 0 Å². The quantitative estimate of drug-likeness (QED) is 0.396. The zero-order valence-corrected chi connectivity index (χ0v) is 6.63. The Kier molecular flexibility index (Phi) is 7.58. The molecule has 5 heteroatoms. The summed E-state index contributed by atoms with van der Waals surface area (Å²) >= 11 is 0. The minimum absolute atomic E-state index is 0.188. The molecule has 3 N–H and O–H groups in total. The van der Waals surface area contributed by atoms with Gasteiger partial charge < -0.3 is 19.4 Å². The zero-order valence-electron chi connectivity index (χ0n) is 5.73. The molecule has 4 nitrogen and oxygen atoms in total. The fraction of sp³-hybridized carbons (Fsp3) is 1.00. The maximum atomic E-state index is 8.34. The van der Waals surface area contributed by atoms with Gasteiger partial charge in [-0.3, -0.25) is 0 Å². The number of aliphatic hydroxyl groups is 1. The maximum Gasteiger partial charge on any atom is 0.327 e. The highest BCUT2D eigenvalue weighted by atomic mass is 31.2. The molecule has 62 valence electrons. The van der Waals surface area contributed by atoms with Gasteiger partial charge >= 0.3 is 8.60 Å². The van der Waals surface area contributed by atoms with Crippen molar-refractivity contribution in [3.63, 3.8) is 0 Å². The maximum absolute atomic E-state index is 8.34. The Hall–Kier alpha value is 0.270. The van der Waals surface area contributed by atoms with Crippen molar-refractivity contribution in [2.75, 3.05) is 13.2 Å². The van der Waals surface area contributed by atoms with Gasteiger partial charge in [0.15, 0.2) is 0 Å². The lowest BCUT2D eigenvalue weighted by molar-refractivity contribution is 0.239. The van der Waals surface area contributed by atoms with Crippen LogP contribution in [-0.4, -0.2) is 28.1 Å². The number of hydrogen-bond donors (Lipinski definition) is 3. The summed E-state index contributed by atoms with van der Waals surface area (Å²) in [7, 11) is -2.18. The lowest BCUT2D eigenvalue weighted by atomic mass is 10.2. The van der Waals surface area contributed by atoms with Crippen LogP contribution in [0, 0.1) is 0 Å². The highest BCUT2D eigenvalue weighted by Gasteiger charge is 1.96. The molecule has 0 amide bonds. The SMILES string of the molecule is OCCCCCOP(O)O. The van der Waals surface area contributed by atoms with Crippen molar-refractivity contribution in [3.8, 4) is 0 Å². The third-order valence-electron chi connectivity index (χ3n) is 1.01. The standard InChI is InChI=1S/C5H13O4P/c6-4-2-1-3-5-9-10(7)8/h6-8H,1-5H2. The lowest BCUT2D eigenvalue weighted by Crippen LogP contribution is -1.90. The van der Waals surface area contributed by atoms with E-state index in [9.17, 15) is 0 Å². The summed E-state index contributed by atoms with van der Waals surface area (Å²) in [5.74, 6) is 0. The third kappa shape index (κ3) is 8.27. The van der Waals surface area contributed by atoms with Crippen LogP contribution in [0.15, 0.2) is 0 Å². The van der Waals surface area contributed by atoms with E-state index in [0.717, 1.165) is 19.3 Å². The minimum atomic E-state index is -2.18. The number of hydrogen-bond acceptors (Lipinski definition) is 4. The molecule has 0 aromatic carbocycles. The van der Waals surface area contributed by atoms with Crippen molar-refractivity contribution in [2.24, 2.45) is 0 Å². The second kappa shape index (κ2) is 7.38. The van der Waals surface area contributed by atoms with Crippen LogP contribution in [0.1, 0.15) is 19.3 Å². The predicted octanol–water partition coefficient (Wildman–Crippen LogP) is 0.377. The molecule has 0 fully saturated rings. The van der Waals surface area contributed by atoms with E-state index in [4.69, 9.17) is 14.9 Å². The summed E-state index contributed by atoms with van der Waals surface area (Å²) < 4.78 is 4.48. The second-order valence-corrected chi connectivity index (χ2v) is 2.63. The predicted molar refractivity (Wildman–Crippen MR) is 38.2 cm³/mol. The van der Waals surface area contributed by atoms with Crippen LogP contribution in [0.25, 0.3) is 0 Å². The summed E-state index contributed by atoms with van der Waals surface area (Å²) in [4.78, 5) is 16.5. The molecule has 0 radical (unpaired) electrons. The molecule has 0 bridgehead atoms. The van der Waals surface area contributed by atoms with Crippen molar-refractivity contribution in [3.05, 3.63) is 0 Å². The van der Waals surface area contributed by atoms with Crippen molar-refractivity contribution in [2.45, 2.75) is 19.3 Å². The Morgan fingerprint density at radius 2 is 1.80 bits per heavy atom. The fourth-order valence-corrected chi connectivity index (χ4v) is 0.829. The molecule has 0 heterocycles. The van der Waals surface area contributed by atoms with Gasteiger partial charge in [0.1, 0.15) is 0 Å². The number of unbranched alkanes of at least 4 members (excludes halogenated alkanes) is 2. The average molecular weight is 168 g/mol. The minimum Gasteiger partial charge on any atom is -0.396 e. The summed E-state index contributed by atoms with van der Waals surface area (Å²) in [5.41, 5.74) is 0. The molecular formula is C5H13O4P. The van der Waals surface area contributed by atoms with Gasteiger partial charge in [-0.05, 0) is 19.3 Å². The monoisotopic (exact) mass is 168 g/mol. The van der Waals surface area contributed by atoms with Gasteiger partial charge in [-0.2, -0.15) is 0 Å². The molecular weight excluding hydrogens is 155 g/mol. The number of aliphatic hydroxyl groups excluding tert-OH is 1. The van der Waals surface area contributed by atoms with Crippen LogP contribution in [-0.2, 0) is 4.52 Å². The van der Waals surface area contributed by atoms with Crippen molar-refractivity contribution in [1.82, 2.24) is 0 Å². The Bertz CT molecular complexity index is 68.7.